The van der Waals surface area contributed by atoms with Crippen molar-refractivity contribution in [1.29, 1.82) is 0 Å². The van der Waals surface area contributed by atoms with Crippen LogP contribution in [0, 0.1) is 6.92 Å². The summed E-state index contributed by atoms with van der Waals surface area (Å²) in [4.78, 5) is 16.6. The van der Waals surface area contributed by atoms with Crippen LogP contribution in [0.3, 0.4) is 0 Å². The number of benzene rings is 1. The third-order valence-electron chi connectivity index (χ3n) is 4.17. The van der Waals surface area contributed by atoms with Crippen LogP contribution >= 0.6 is 0 Å². The van der Waals surface area contributed by atoms with E-state index in [1.165, 1.54) is 12.8 Å². The zero-order chi connectivity index (χ0) is 13.9. The lowest BCUT2D eigenvalue weighted by molar-refractivity contribution is -0.135. The second-order valence-corrected chi connectivity index (χ2v) is 5.70. The molecule has 0 aromatic heterocycles. The van der Waals surface area contributed by atoms with Gasteiger partial charge in [-0.15, -0.1) is 0 Å². The van der Waals surface area contributed by atoms with E-state index in [4.69, 9.17) is 4.74 Å². The molecule has 4 nitrogen and oxygen atoms in total. The van der Waals surface area contributed by atoms with E-state index in [2.05, 4.69) is 4.90 Å². The summed E-state index contributed by atoms with van der Waals surface area (Å²) in [5, 5.41) is 0. The third-order valence-corrected chi connectivity index (χ3v) is 4.17. The van der Waals surface area contributed by atoms with E-state index >= 15 is 0 Å². The normalized spacial score (nSPS) is 19.9. The fraction of sp³-hybridized carbons (Fsp3) is 0.562. The number of carbonyl (C=O) groups excluding carboxylic acids is 1. The average Bonchev–Trinajstić information content (AvgIpc) is 3.31. The first kappa shape index (κ1) is 13.4. The summed E-state index contributed by atoms with van der Waals surface area (Å²) < 4.78 is 5.63. The Bertz CT molecular complexity index is 477. The quantitative estimate of drug-likeness (QED) is 0.837. The van der Waals surface area contributed by atoms with Gasteiger partial charge in [-0.2, -0.15) is 0 Å². The van der Waals surface area contributed by atoms with Gasteiger partial charge in [0.25, 0.3) is 5.91 Å². The molecule has 1 aromatic carbocycles. The van der Waals surface area contributed by atoms with Crippen LogP contribution in [0.15, 0.2) is 24.3 Å². The van der Waals surface area contributed by atoms with Crippen LogP contribution in [0.4, 0.5) is 0 Å². The van der Waals surface area contributed by atoms with Gasteiger partial charge in [0, 0.05) is 32.2 Å². The first-order chi connectivity index (χ1) is 9.74. The van der Waals surface area contributed by atoms with Crippen molar-refractivity contribution in [2.75, 3.05) is 32.8 Å². The number of rotatable bonds is 4. The standard InChI is InChI=1S/C16H22N2O2/c1-13-4-2-3-5-15(13)20-12-16(19)18-10-8-17(9-11-18)14-6-7-14/h2-5,14H,6-12H2,1H3. The summed E-state index contributed by atoms with van der Waals surface area (Å²) in [5.41, 5.74) is 1.07. The predicted octanol–water partition coefficient (Wildman–Crippen LogP) is 1.68. The van der Waals surface area contributed by atoms with Crippen molar-refractivity contribution >= 4 is 5.91 Å². The Morgan fingerprint density at radius 2 is 1.90 bits per heavy atom. The molecule has 2 aliphatic rings. The lowest BCUT2D eigenvalue weighted by Crippen LogP contribution is -2.50. The first-order valence-electron chi connectivity index (χ1n) is 7.44. The molecule has 1 amide bonds. The van der Waals surface area contributed by atoms with Gasteiger partial charge < -0.3 is 9.64 Å². The van der Waals surface area contributed by atoms with Crippen molar-refractivity contribution < 1.29 is 9.53 Å². The van der Waals surface area contributed by atoms with Gasteiger partial charge in [0.15, 0.2) is 6.61 Å². The van der Waals surface area contributed by atoms with Gasteiger partial charge in [0.1, 0.15) is 5.75 Å². The molecule has 1 heterocycles. The summed E-state index contributed by atoms with van der Waals surface area (Å²) in [7, 11) is 0. The number of para-hydroxylation sites is 1. The highest BCUT2D eigenvalue weighted by atomic mass is 16.5. The molecule has 4 heteroatoms. The van der Waals surface area contributed by atoms with E-state index in [0.29, 0.717) is 0 Å². The molecule has 0 unspecified atom stereocenters. The van der Waals surface area contributed by atoms with Gasteiger partial charge in [0.2, 0.25) is 0 Å². The molecule has 0 atom stereocenters. The second-order valence-electron chi connectivity index (χ2n) is 5.70. The van der Waals surface area contributed by atoms with Crippen molar-refractivity contribution in [3.05, 3.63) is 29.8 Å². The van der Waals surface area contributed by atoms with Crippen LogP contribution in [-0.4, -0.2) is 54.5 Å². The molecule has 0 N–H and O–H groups in total. The van der Waals surface area contributed by atoms with Crippen LogP contribution in [0.2, 0.25) is 0 Å². The summed E-state index contributed by atoms with van der Waals surface area (Å²) in [6.07, 6.45) is 2.68. The highest BCUT2D eigenvalue weighted by Gasteiger charge is 2.32. The fourth-order valence-corrected chi connectivity index (χ4v) is 2.73. The van der Waals surface area contributed by atoms with E-state index in [0.717, 1.165) is 43.5 Å². The minimum Gasteiger partial charge on any atom is -0.484 e. The number of piperazine rings is 1. The predicted molar refractivity (Wildman–Crippen MR) is 77.8 cm³/mol. The largest absolute Gasteiger partial charge is 0.484 e. The van der Waals surface area contributed by atoms with Crippen LogP contribution in [0.5, 0.6) is 5.75 Å². The van der Waals surface area contributed by atoms with Crippen molar-refractivity contribution in [3.63, 3.8) is 0 Å². The van der Waals surface area contributed by atoms with E-state index in [1.54, 1.807) is 0 Å². The molecule has 1 saturated carbocycles. The molecule has 1 saturated heterocycles. The summed E-state index contributed by atoms with van der Waals surface area (Å²) >= 11 is 0. The minimum atomic E-state index is 0.101. The number of hydrogen-bond donors (Lipinski definition) is 0. The first-order valence-corrected chi connectivity index (χ1v) is 7.44. The highest BCUT2D eigenvalue weighted by Crippen LogP contribution is 2.27. The van der Waals surface area contributed by atoms with E-state index in [9.17, 15) is 4.79 Å². The molecule has 1 aliphatic carbocycles. The van der Waals surface area contributed by atoms with Crippen molar-refractivity contribution in [1.82, 2.24) is 9.80 Å². The molecule has 108 valence electrons. The molecule has 0 bridgehead atoms. The van der Waals surface area contributed by atoms with Gasteiger partial charge in [-0.25, -0.2) is 0 Å². The van der Waals surface area contributed by atoms with Crippen LogP contribution in [0.1, 0.15) is 18.4 Å². The SMILES string of the molecule is Cc1ccccc1OCC(=O)N1CCN(C2CC2)CC1. The molecule has 0 radical (unpaired) electrons. The number of ether oxygens (including phenoxy) is 1. The molecule has 20 heavy (non-hydrogen) atoms. The topological polar surface area (TPSA) is 32.8 Å². The second kappa shape index (κ2) is 5.83. The van der Waals surface area contributed by atoms with Crippen LogP contribution < -0.4 is 4.74 Å². The molecule has 2 fully saturated rings. The van der Waals surface area contributed by atoms with Crippen LogP contribution in [-0.2, 0) is 4.79 Å². The Kier molecular flexibility index (Phi) is 3.92. The Balaban J connectivity index is 1.46. The fourth-order valence-electron chi connectivity index (χ4n) is 2.73. The number of carbonyl (C=O) groups is 1. The van der Waals surface area contributed by atoms with Gasteiger partial charge in [-0.3, -0.25) is 9.69 Å². The molecular weight excluding hydrogens is 252 g/mol. The number of hydrogen-bond acceptors (Lipinski definition) is 3. The maximum Gasteiger partial charge on any atom is 0.260 e. The van der Waals surface area contributed by atoms with E-state index in [-0.39, 0.29) is 12.5 Å². The molecule has 0 spiro atoms. The van der Waals surface area contributed by atoms with Crippen molar-refractivity contribution in [3.8, 4) is 5.75 Å². The van der Waals surface area contributed by atoms with Crippen molar-refractivity contribution in [2.45, 2.75) is 25.8 Å². The molecule has 1 aliphatic heterocycles. The summed E-state index contributed by atoms with van der Waals surface area (Å²) in [6, 6.07) is 8.61. The zero-order valence-corrected chi connectivity index (χ0v) is 12.0. The minimum absolute atomic E-state index is 0.101. The summed E-state index contributed by atoms with van der Waals surface area (Å²) in [6.45, 7) is 5.85. The Hall–Kier alpha value is -1.55. The third kappa shape index (κ3) is 3.12. The maximum absolute atomic E-state index is 12.2. The van der Waals surface area contributed by atoms with Gasteiger partial charge in [-0.1, -0.05) is 18.2 Å². The van der Waals surface area contributed by atoms with Gasteiger partial charge in [0.05, 0.1) is 0 Å². The molecule has 3 rings (SSSR count). The summed E-state index contributed by atoms with van der Waals surface area (Å²) in [5.74, 6) is 0.904. The zero-order valence-electron chi connectivity index (χ0n) is 12.0. The Morgan fingerprint density at radius 1 is 1.20 bits per heavy atom. The van der Waals surface area contributed by atoms with Crippen LogP contribution in [0.25, 0.3) is 0 Å². The van der Waals surface area contributed by atoms with Gasteiger partial charge >= 0.3 is 0 Å². The smallest absolute Gasteiger partial charge is 0.260 e. The average molecular weight is 274 g/mol. The molecular formula is C16H22N2O2. The number of nitrogens with zero attached hydrogens (tertiary/aromatic N) is 2. The lowest BCUT2D eigenvalue weighted by atomic mass is 10.2. The van der Waals surface area contributed by atoms with E-state index < -0.39 is 0 Å². The lowest BCUT2D eigenvalue weighted by Gasteiger charge is -2.34. The van der Waals surface area contributed by atoms with Crippen molar-refractivity contribution in [2.24, 2.45) is 0 Å². The number of amides is 1. The highest BCUT2D eigenvalue weighted by molar-refractivity contribution is 5.78. The Labute approximate surface area is 120 Å². The number of aryl methyl sites for hydroxylation is 1. The van der Waals surface area contributed by atoms with Gasteiger partial charge in [-0.05, 0) is 31.4 Å². The maximum atomic E-state index is 12.2. The Morgan fingerprint density at radius 3 is 2.55 bits per heavy atom. The molecule has 1 aromatic rings. The van der Waals surface area contributed by atoms with E-state index in [1.807, 2.05) is 36.1 Å². The monoisotopic (exact) mass is 274 g/mol.